The molecule has 0 nitrogen and oxygen atoms in total. The van der Waals surface area contributed by atoms with E-state index < -0.39 is 0 Å². The van der Waals surface area contributed by atoms with Gasteiger partial charge in [0.25, 0.3) is 0 Å². The maximum Gasteiger partial charge on any atom is -0.00124 e. The van der Waals surface area contributed by atoms with Crippen LogP contribution in [0.1, 0.15) is 33.4 Å². The van der Waals surface area contributed by atoms with E-state index >= 15 is 0 Å². The van der Waals surface area contributed by atoms with Crippen LogP contribution in [-0.4, -0.2) is 0 Å². The minimum Gasteiger partial charge on any atom is -0.0622 e. The van der Waals surface area contributed by atoms with Gasteiger partial charge in [0.1, 0.15) is 0 Å². The van der Waals surface area contributed by atoms with Gasteiger partial charge < -0.3 is 0 Å². The Morgan fingerprint density at radius 1 is 0.190 bits per heavy atom. The number of hydrogen-bond acceptors (Lipinski definition) is 0. The first-order valence-corrected chi connectivity index (χ1v) is 20.5. The zero-order chi connectivity index (χ0) is 39.9. The quantitative estimate of drug-likeness (QED) is 0.157. The molecule has 0 aliphatic carbocycles. The molecule has 0 bridgehead atoms. The minimum atomic E-state index is 1.27. The molecule has 0 spiro atoms. The lowest BCUT2D eigenvalue weighted by atomic mass is 9.81. The van der Waals surface area contributed by atoms with Gasteiger partial charge in [-0.3, -0.25) is 0 Å². The third-order valence-corrected chi connectivity index (χ3v) is 12.1. The van der Waals surface area contributed by atoms with Crippen molar-refractivity contribution < 1.29 is 0 Å². The lowest BCUT2D eigenvalue weighted by molar-refractivity contribution is 1.38. The summed E-state index contributed by atoms with van der Waals surface area (Å²) in [4.78, 5) is 0. The Balaban J connectivity index is 0.000000150. The molecule has 0 aromatic heterocycles. The maximum atomic E-state index is 2.27. The van der Waals surface area contributed by atoms with Gasteiger partial charge in [0.2, 0.25) is 0 Å². The van der Waals surface area contributed by atoms with Crippen LogP contribution in [0.2, 0.25) is 0 Å². The fourth-order valence-electron chi connectivity index (χ4n) is 9.57. The second kappa shape index (κ2) is 15.3. The molecule has 280 valence electrons. The van der Waals surface area contributed by atoms with Gasteiger partial charge in [0, 0.05) is 0 Å². The molecule has 0 heteroatoms. The molecule has 0 aliphatic rings. The first kappa shape index (κ1) is 36.9. The Bertz CT molecular complexity index is 2890. The minimum absolute atomic E-state index is 1.27. The van der Waals surface area contributed by atoms with Crippen LogP contribution in [0.3, 0.4) is 0 Å². The van der Waals surface area contributed by atoms with Gasteiger partial charge in [-0.15, -0.1) is 0 Å². The van der Waals surface area contributed by atoms with Crippen LogP contribution in [0.5, 0.6) is 0 Å². The average Bonchev–Trinajstić information content (AvgIpc) is 3.24. The lowest BCUT2D eigenvalue weighted by Gasteiger charge is -2.22. The summed E-state index contributed by atoms with van der Waals surface area (Å²) in [7, 11) is 0. The van der Waals surface area contributed by atoms with E-state index in [-0.39, 0.29) is 0 Å². The number of fused-ring (bicyclic) bond motifs is 6. The lowest BCUT2D eigenvalue weighted by Crippen LogP contribution is -1.96. The number of hydrogen-bond donors (Lipinski definition) is 0. The van der Waals surface area contributed by atoms with Gasteiger partial charge >= 0.3 is 0 Å². The molecule has 0 atom stereocenters. The van der Waals surface area contributed by atoms with Crippen LogP contribution in [-0.2, 0) is 0 Å². The Morgan fingerprint density at radius 2 is 0.466 bits per heavy atom. The van der Waals surface area contributed by atoms with E-state index in [0.717, 1.165) is 0 Å². The van der Waals surface area contributed by atoms with Crippen molar-refractivity contribution >= 4 is 43.1 Å². The monoisotopic (exact) mass is 744 g/mol. The summed E-state index contributed by atoms with van der Waals surface area (Å²) in [6, 6.07) is 66.0. The topological polar surface area (TPSA) is 0 Å². The van der Waals surface area contributed by atoms with Crippen LogP contribution >= 0.6 is 0 Å². The van der Waals surface area contributed by atoms with Crippen LogP contribution in [0.15, 0.2) is 182 Å². The van der Waals surface area contributed by atoms with Gasteiger partial charge in [-0.05, 0) is 163 Å². The standard InChI is InChI=1S/2C29H24/c2*1-19-11-9-12-20(2)26(19)29-27-21(3)13-10-18-24(27)23-16-7-8-17-25(23)28(29)22-14-5-4-6-15-22/h2*4-18H,1-3H3. The molecule has 0 saturated heterocycles. The molecule has 0 unspecified atom stereocenters. The molecular weight excluding hydrogens is 697 g/mol. The highest BCUT2D eigenvalue weighted by Gasteiger charge is 2.22. The van der Waals surface area contributed by atoms with Crippen molar-refractivity contribution in [3.05, 3.63) is 215 Å². The highest BCUT2D eigenvalue weighted by atomic mass is 14.3. The molecule has 0 saturated carbocycles. The molecule has 10 rings (SSSR count). The Kier molecular flexibility index (Phi) is 9.72. The Labute approximate surface area is 343 Å². The van der Waals surface area contributed by atoms with E-state index in [4.69, 9.17) is 0 Å². The molecular formula is C58H48. The van der Waals surface area contributed by atoms with E-state index in [1.807, 2.05) is 0 Å². The van der Waals surface area contributed by atoms with Crippen molar-refractivity contribution in [3.8, 4) is 44.5 Å². The molecule has 10 aromatic rings. The zero-order valence-corrected chi connectivity index (χ0v) is 34.3. The van der Waals surface area contributed by atoms with Gasteiger partial charge in [-0.1, -0.05) is 182 Å². The molecule has 0 fully saturated rings. The molecule has 0 aliphatic heterocycles. The summed E-state index contributed by atoms with van der Waals surface area (Å²) in [5.41, 5.74) is 18.6. The van der Waals surface area contributed by atoms with E-state index in [1.165, 1.54) is 121 Å². The summed E-state index contributed by atoms with van der Waals surface area (Å²) in [6.45, 7) is 13.4. The molecule has 0 amide bonds. The normalized spacial score (nSPS) is 11.3. The number of rotatable bonds is 4. The van der Waals surface area contributed by atoms with Crippen molar-refractivity contribution in [2.24, 2.45) is 0 Å². The Morgan fingerprint density at radius 3 is 0.828 bits per heavy atom. The predicted molar refractivity (Wildman–Crippen MR) is 253 cm³/mol. The molecule has 0 N–H and O–H groups in total. The van der Waals surface area contributed by atoms with Gasteiger partial charge in [-0.2, -0.15) is 0 Å². The summed E-state index contributed by atoms with van der Waals surface area (Å²) < 4.78 is 0. The third-order valence-electron chi connectivity index (χ3n) is 12.1. The Hall–Kier alpha value is -6.76. The number of aryl methyl sites for hydroxylation is 6. The number of benzene rings is 10. The van der Waals surface area contributed by atoms with Crippen LogP contribution < -0.4 is 0 Å². The van der Waals surface area contributed by atoms with E-state index in [9.17, 15) is 0 Å². The van der Waals surface area contributed by atoms with Crippen molar-refractivity contribution in [1.82, 2.24) is 0 Å². The zero-order valence-electron chi connectivity index (χ0n) is 34.3. The van der Waals surface area contributed by atoms with Crippen LogP contribution in [0, 0.1) is 41.5 Å². The third kappa shape index (κ3) is 6.27. The summed E-state index contributed by atoms with van der Waals surface area (Å²) >= 11 is 0. The fourth-order valence-corrected chi connectivity index (χ4v) is 9.57. The molecule has 0 radical (unpaired) electrons. The first-order valence-electron chi connectivity index (χ1n) is 20.5. The van der Waals surface area contributed by atoms with Crippen molar-refractivity contribution in [2.45, 2.75) is 41.5 Å². The van der Waals surface area contributed by atoms with E-state index in [1.54, 1.807) is 0 Å². The van der Waals surface area contributed by atoms with Crippen molar-refractivity contribution in [2.75, 3.05) is 0 Å². The molecule has 0 heterocycles. The highest BCUT2D eigenvalue weighted by Crippen LogP contribution is 2.49. The van der Waals surface area contributed by atoms with Crippen molar-refractivity contribution in [3.63, 3.8) is 0 Å². The van der Waals surface area contributed by atoms with Crippen LogP contribution in [0.4, 0.5) is 0 Å². The largest absolute Gasteiger partial charge is 0.0622 e. The SMILES string of the molecule is Cc1cccc(C)c1-c1c(-c2ccccc2)c2ccccc2c2cccc(C)c12.Cc1cccc(C)c1-c1c(-c2ccccc2)c2ccccc2c2cccc(C)c12. The van der Waals surface area contributed by atoms with E-state index in [0.29, 0.717) is 0 Å². The molecule has 58 heavy (non-hydrogen) atoms. The van der Waals surface area contributed by atoms with Crippen molar-refractivity contribution in [1.29, 1.82) is 0 Å². The highest BCUT2D eigenvalue weighted by molar-refractivity contribution is 6.24. The smallest absolute Gasteiger partial charge is 0.00124 e. The molecule has 10 aromatic carbocycles. The summed E-state index contributed by atoms with van der Waals surface area (Å²) in [5, 5.41) is 10.7. The first-order chi connectivity index (χ1) is 28.3. The average molecular weight is 745 g/mol. The van der Waals surface area contributed by atoms with Gasteiger partial charge in [-0.25, -0.2) is 0 Å². The maximum absolute atomic E-state index is 2.27. The summed E-state index contributed by atoms with van der Waals surface area (Å²) in [6.07, 6.45) is 0. The summed E-state index contributed by atoms with van der Waals surface area (Å²) in [5.74, 6) is 0. The predicted octanol–water partition coefficient (Wildman–Crippen LogP) is 16.5. The second-order valence-corrected chi connectivity index (χ2v) is 15.9. The van der Waals surface area contributed by atoms with Gasteiger partial charge in [0.05, 0.1) is 0 Å². The van der Waals surface area contributed by atoms with Gasteiger partial charge in [0.15, 0.2) is 0 Å². The van der Waals surface area contributed by atoms with E-state index in [2.05, 4.69) is 224 Å². The van der Waals surface area contributed by atoms with Crippen LogP contribution in [0.25, 0.3) is 87.6 Å². The fraction of sp³-hybridized carbons (Fsp3) is 0.103. The second-order valence-electron chi connectivity index (χ2n) is 15.9.